The molecule has 0 rings (SSSR count). The highest BCUT2D eigenvalue weighted by atomic mass is 28.3. The summed E-state index contributed by atoms with van der Waals surface area (Å²) in [5.74, 6) is 0. The van der Waals surface area contributed by atoms with Crippen LogP contribution < -0.4 is 0 Å². The van der Waals surface area contributed by atoms with E-state index in [1.54, 1.807) is 14.2 Å². The third kappa shape index (κ3) is 4.25. The van der Waals surface area contributed by atoms with Gasteiger partial charge in [0.1, 0.15) is 0 Å². The van der Waals surface area contributed by atoms with Crippen molar-refractivity contribution in [2.75, 3.05) is 14.2 Å². The molecule has 0 aromatic heterocycles. The van der Waals surface area contributed by atoms with Crippen molar-refractivity contribution in [1.29, 1.82) is 0 Å². The smallest absolute Gasteiger partial charge is 0.324 e. The summed E-state index contributed by atoms with van der Waals surface area (Å²) in [7, 11) is 2.10. The van der Waals surface area contributed by atoms with E-state index in [-0.39, 0.29) is 0 Å². The van der Waals surface area contributed by atoms with Crippen molar-refractivity contribution in [2.24, 2.45) is 5.41 Å². The number of hydrogen-bond acceptors (Lipinski definition) is 2. The van der Waals surface area contributed by atoms with Gasteiger partial charge in [0.2, 0.25) is 0 Å². The first kappa shape index (κ1) is 13.1. The Kier molecular flexibility index (Phi) is 5.84. The molecule has 0 aliphatic rings. The highest BCUT2D eigenvalue weighted by Crippen LogP contribution is 2.37. The topological polar surface area (TPSA) is 18.5 Å². The van der Waals surface area contributed by atoms with Crippen molar-refractivity contribution in [3.63, 3.8) is 0 Å². The molecule has 1 atom stereocenters. The standard InChI is InChI=1S/C10H24O2Si/c1-7-8-9(10(2,3)4)13(11-5)12-6/h9,13H,7-8H2,1-6H3. The Morgan fingerprint density at radius 1 is 1.15 bits per heavy atom. The molecule has 0 aromatic carbocycles. The minimum Gasteiger partial charge on any atom is -0.400 e. The first-order valence-electron chi connectivity index (χ1n) is 5.03. The molecule has 0 bridgehead atoms. The Hall–Kier alpha value is 0.137. The van der Waals surface area contributed by atoms with E-state index in [1.807, 2.05) is 0 Å². The molecule has 80 valence electrons. The molecule has 0 radical (unpaired) electrons. The zero-order valence-corrected chi connectivity index (χ0v) is 11.0. The second-order valence-corrected chi connectivity index (χ2v) is 7.09. The predicted molar refractivity (Wildman–Crippen MR) is 59.3 cm³/mol. The molecular weight excluding hydrogens is 180 g/mol. The summed E-state index contributed by atoms with van der Waals surface area (Å²) >= 11 is 0. The second kappa shape index (κ2) is 5.78. The van der Waals surface area contributed by atoms with Gasteiger partial charge in [0.25, 0.3) is 0 Å². The molecule has 1 unspecified atom stereocenters. The van der Waals surface area contributed by atoms with Crippen molar-refractivity contribution in [3.05, 3.63) is 0 Å². The van der Waals surface area contributed by atoms with Gasteiger partial charge in [-0.05, 0) is 11.8 Å². The SMILES string of the molecule is CCCC([SiH](OC)OC)C(C)(C)C. The summed E-state index contributed by atoms with van der Waals surface area (Å²) in [5.41, 5.74) is 0.909. The van der Waals surface area contributed by atoms with E-state index in [0.717, 1.165) is 0 Å². The zero-order valence-electron chi connectivity index (χ0n) is 9.89. The van der Waals surface area contributed by atoms with Crippen LogP contribution in [-0.4, -0.2) is 23.5 Å². The van der Waals surface area contributed by atoms with Gasteiger partial charge in [-0.15, -0.1) is 0 Å². The predicted octanol–water partition coefficient (Wildman–Crippen LogP) is 2.72. The van der Waals surface area contributed by atoms with Crippen molar-refractivity contribution in [3.8, 4) is 0 Å². The molecule has 0 fully saturated rings. The monoisotopic (exact) mass is 204 g/mol. The fourth-order valence-electron chi connectivity index (χ4n) is 1.71. The van der Waals surface area contributed by atoms with E-state index in [0.29, 0.717) is 11.0 Å². The van der Waals surface area contributed by atoms with Crippen LogP contribution in [-0.2, 0) is 8.85 Å². The van der Waals surface area contributed by atoms with E-state index < -0.39 is 9.28 Å². The van der Waals surface area contributed by atoms with Crippen LogP contribution in [0.4, 0.5) is 0 Å². The zero-order chi connectivity index (χ0) is 10.5. The maximum Gasteiger partial charge on any atom is 0.324 e. The molecule has 0 heterocycles. The maximum atomic E-state index is 5.46. The van der Waals surface area contributed by atoms with E-state index in [1.165, 1.54) is 12.8 Å². The summed E-state index contributed by atoms with van der Waals surface area (Å²) in [4.78, 5) is 0. The van der Waals surface area contributed by atoms with Crippen molar-refractivity contribution >= 4 is 9.28 Å². The lowest BCUT2D eigenvalue weighted by molar-refractivity contribution is 0.222. The molecule has 0 saturated carbocycles. The Morgan fingerprint density at radius 3 is 1.85 bits per heavy atom. The first-order valence-corrected chi connectivity index (χ1v) is 6.63. The lowest BCUT2D eigenvalue weighted by Gasteiger charge is -2.33. The third-order valence-corrected chi connectivity index (χ3v) is 5.42. The van der Waals surface area contributed by atoms with Crippen LogP contribution in [0, 0.1) is 5.41 Å². The van der Waals surface area contributed by atoms with Gasteiger partial charge in [-0.2, -0.15) is 0 Å². The van der Waals surface area contributed by atoms with Gasteiger partial charge in [-0.3, -0.25) is 0 Å². The van der Waals surface area contributed by atoms with Crippen molar-refractivity contribution < 1.29 is 8.85 Å². The molecule has 3 heteroatoms. The fourth-order valence-corrected chi connectivity index (χ4v) is 3.98. The molecule has 2 nitrogen and oxygen atoms in total. The number of hydrogen-bond donors (Lipinski definition) is 0. The molecule has 0 aromatic rings. The Balaban J connectivity index is 4.38. The average molecular weight is 204 g/mol. The van der Waals surface area contributed by atoms with E-state index in [4.69, 9.17) is 8.85 Å². The molecule has 0 saturated heterocycles. The summed E-state index contributed by atoms with van der Waals surface area (Å²) in [6.45, 7) is 9.03. The Labute approximate surface area is 84.5 Å². The molecule has 0 aliphatic heterocycles. The van der Waals surface area contributed by atoms with Crippen LogP contribution in [0.3, 0.4) is 0 Å². The second-order valence-electron chi connectivity index (χ2n) is 4.60. The van der Waals surface area contributed by atoms with Gasteiger partial charge in [0.05, 0.1) is 0 Å². The molecule has 0 N–H and O–H groups in total. The molecule has 13 heavy (non-hydrogen) atoms. The number of rotatable bonds is 5. The Morgan fingerprint density at radius 2 is 1.62 bits per heavy atom. The summed E-state index contributed by atoms with van der Waals surface area (Å²) in [5, 5.41) is 0. The van der Waals surface area contributed by atoms with Gasteiger partial charge in [0, 0.05) is 19.8 Å². The average Bonchev–Trinajstić information content (AvgIpc) is 2.03. The van der Waals surface area contributed by atoms with Crippen LogP contribution in [0.25, 0.3) is 0 Å². The molecule has 0 amide bonds. The van der Waals surface area contributed by atoms with Crippen LogP contribution in [0.2, 0.25) is 5.54 Å². The Bertz CT molecular complexity index is 127. The first-order chi connectivity index (χ1) is 5.97. The van der Waals surface area contributed by atoms with Gasteiger partial charge >= 0.3 is 9.28 Å². The third-order valence-electron chi connectivity index (χ3n) is 2.51. The fraction of sp³-hybridized carbons (Fsp3) is 1.00. The largest absolute Gasteiger partial charge is 0.400 e. The van der Waals surface area contributed by atoms with E-state index in [9.17, 15) is 0 Å². The minimum atomic E-state index is -1.45. The van der Waals surface area contributed by atoms with Gasteiger partial charge in [0.15, 0.2) is 0 Å². The highest BCUT2D eigenvalue weighted by Gasteiger charge is 2.33. The molecule has 0 spiro atoms. The normalized spacial score (nSPS) is 15.0. The summed E-state index contributed by atoms with van der Waals surface area (Å²) in [6.07, 6.45) is 2.42. The molecule has 0 aliphatic carbocycles. The summed E-state index contributed by atoms with van der Waals surface area (Å²) < 4.78 is 10.9. The maximum absolute atomic E-state index is 5.46. The van der Waals surface area contributed by atoms with Crippen LogP contribution in [0.5, 0.6) is 0 Å². The van der Waals surface area contributed by atoms with Gasteiger partial charge < -0.3 is 8.85 Å². The van der Waals surface area contributed by atoms with Crippen molar-refractivity contribution in [2.45, 2.75) is 46.1 Å². The van der Waals surface area contributed by atoms with E-state index >= 15 is 0 Å². The van der Waals surface area contributed by atoms with Gasteiger partial charge in [-0.25, -0.2) is 0 Å². The van der Waals surface area contributed by atoms with Crippen LogP contribution >= 0.6 is 0 Å². The van der Waals surface area contributed by atoms with E-state index in [2.05, 4.69) is 27.7 Å². The van der Waals surface area contributed by atoms with Crippen LogP contribution in [0.15, 0.2) is 0 Å². The summed E-state index contributed by atoms with van der Waals surface area (Å²) in [6, 6.07) is 0. The van der Waals surface area contributed by atoms with Gasteiger partial charge in [-0.1, -0.05) is 34.1 Å². The lowest BCUT2D eigenvalue weighted by Crippen LogP contribution is -2.34. The minimum absolute atomic E-state index is 0.304. The highest BCUT2D eigenvalue weighted by molar-refractivity contribution is 6.46. The van der Waals surface area contributed by atoms with Crippen molar-refractivity contribution in [1.82, 2.24) is 0 Å². The molecular formula is C10H24O2Si. The van der Waals surface area contributed by atoms with Crippen LogP contribution in [0.1, 0.15) is 40.5 Å². The quantitative estimate of drug-likeness (QED) is 0.641. The lowest BCUT2D eigenvalue weighted by atomic mass is 9.89.